The summed E-state index contributed by atoms with van der Waals surface area (Å²) in [6.45, 7) is 2.52. The van der Waals surface area contributed by atoms with E-state index < -0.39 is 23.8 Å². The highest BCUT2D eigenvalue weighted by Gasteiger charge is 2.44. The van der Waals surface area contributed by atoms with Gasteiger partial charge in [0.15, 0.2) is 5.65 Å². The minimum absolute atomic E-state index is 0.128. The summed E-state index contributed by atoms with van der Waals surface area (Å²) >= 11 is 0. The van der Waals surface area contributed by atoms with Crippen molar-refractivity contribution in [3.8, 4) is 5.75 Å². The summed E-state index contributed by atoms with van der Waals surface area (Å²) in [5.74, 6) is -0.948. The third-order valence-electron chi connectivity index (χ3n) is 11.5. The maximum atomic E-state index is 13.1. The zero-order valence-electron chi connectivity index (χ0n) is 31.3. The number of imide groups is 2. The molecule has 3 aliphatic heterocycles. The summed E-state index contributed by atoms with van der Waals surface area (Å²) < 4.78 is 9.69. The number of ether oxygens (including phenoxy) is 1. The van der Waals surface area contributed by atoms with E-state index in [4.69, 9.17) is 9.84 Å². The van der Waals surface area contributed by atoms with E-state index in [0.717, 1.165) is 73.1 Å². The number of amides is 5. The van der Waals surface area contributed by atoms with E-state index in [-0.39, 0.29) is 36.8 Å². The van der Waals surface area contributed by atoms with Crippen molar-refractivity contribution in [1.29, 1.82) is 0 Å². The van der Waals surface area contributed by atoms with Gasteiger partial charge in [0.25, 0.3) is 17.7 Å². The van der Waals surface area contributed by atoms with Crippen LogP contribution in [0.4, 0.5) is 11.4 Å². The molecule has 2 saturated heterocycles. The van der Waals surface area contributed by atoms with Crippen LogP contribution in [-0.2, 0) is 9.59 Å². The molecular weight excluding hydrogens is 731 g/mol. The Bertz CT molecular complexity index is 2410. The van der Waals surface area contributed by atoms with Crippen LogP contribution in [0.15, 0.2) is 61.2 Å². The molecule has 16 heteroatoms. The first-order valence-corrected chi connectivity index (χ1v) is 19.7. The summed E-state index contributed by atoms with van der Waals surface area (Å²) in [4.78, 5) is 69.2. The second kappa shape index (κ2) is 15.1. The largest absolute Gasteiger partial charge is 0.491 e. The molecule has 57 heavy (non-hydrogen) atoms. The Hall–Kier alpha value is -6.16. The van der Waals surface area contributed by atoms with Gasteiger partial charge in [-0.25, -0.2) is 9.50 Å². The first-order valence-electron chi connectivity index (χ1n) is 19.7. The Balaban J connectivity index is 0.000000156. The Morgan fingerprint density at radius 1 is 0.947 bits per heavy atom. The fourth-order valence-corrected chi connectivity index (χ4v) is 8.10. The molecule has 294 valence electrons. The number of hydrogen-bond donors (Lipinski definition) is 3. The Kier molecular flexibility index (Phi) is 9.64. The maximum Gasteiger partial charge on any atom is 0.262 e. The van der Waals surface area contributed by atoms with E-state index in [1.54, 1.807) is 35.1 Å². The van der Waals surface area contributed by atoms with Crippen molar-refractivity contribution in [3.63, 3.8) is 0 Å². The van der Waals surface area contributed by atoms with Gasteiger partial charge in [-0.1, -0.05) is 0 Å². The average molecular weight is 774 g/mol. The molecule has 5 aliphatic rings. The lowest BCUT2D eigenvalue weighted by Gasteiger charge is -2.27. The number of hydrogen-bond acceptors (Lipinski definition) is 11. The van der Waals surface area contributed by atoms with Gasteiger partial charge in [0.2, 0.25) is 11.8 Å². The van der Waals surface area contributed by atoms with E-state index in [0.29, 0.717) is 46.3 Å². The van der Waals surface area contributed by atoms with Crippen molar-refractivity contribution in [2.45, 2.75) is 82.4 Å². The number of carbonyl (C=O) groups excluding carboxylic acids is 5. The van der Waals surface area contributed by atoms with Crippen LogP contribution >= 0.6 is 0 Å². The topological polar surface area (TPSA) is 193 Å². The minimum Gasteiger partial charge on any atom is -0.491 e. The number of piperidine rings is 1. The van der Waals surface area contributed by atoms with Crippen LogP contribution in [0.25, 0.3) is 16.6 Å². The molecule has 1 atom stereocenters. The maximum absolute atomic E-state index is 13.1. The number of benzene rings is 2. The van der Waals surface area contributed by atoms with Gasteiger partial charge < -0.3 is 20.1 Å². The number of aliphatic hydroxyl groups excluding tert-OH is 1. The van der Waals surface area contributed by atoms with Crippen molar-refractivity contribution >= 4 is 57.5 Å². The van der Waals surface area contributed by atoms with Crippen LogP contribution in [-0.4, -0.2) is 95.8 Å². The normalized spacial score (nSPS) is 22.1. The Labute approximate surface area is 327 Å². The molecule has 6 heterocycles. The zero-order chi connectivity index (χ0) is 39.2. The quantitative estimate of drug-likeness (QED) is 0.191. The average Bonchev–Trinajstić information content (AvgIpc) is 3.53. The molecule has 1 unspecified atom stereocenters. The van der Waals surface area contributed by atoms with Crippen LogP contribution in [0.3, 0.4) is 0 Å². The molecule has 3 N–H and O–H groups in total. The number of fused-ring (bicyclic) bond motifs is 3. The van der Waals surface area contributed by atoms with Crippen molar-refractivity contribution < 1.29 is 33.8 Å². The van der Waals surface area contributed by atoms with Crippen molar-refractivity contribution in [2.24, 2.45) is 5.92 Å². The number of nitrogens with one attached hydrogen (secondary N) is 2. The van der Waals surface area contributed by atoms with Crippen molar-refractivity contribution in [3.05, 3.63) is 77.9 Å². The standard InChI is InChI=1S/C24H26N6O3.C17H17N3O4/c31-18-6-4-17(5-7-18)30-13-16-10-21(22(11-20(16)28-30)33-14-15-2-3-15)27-24(32)19-12-26-29-9-1-8-25-23(19)29;21-14-6-5-13(15(22)18-14)20-16(23)11-4-3-10(9-12(11)17(20)24)19-7-1-2-8-19/h1,8-13,15,17-18,31H,2-7,14H2,(H,27,32);3-4,9,13H,1-2,5-8H2,(H,18,21,22). The highest BCUT2D eigenvalue weighted by Crippen LogP contribution is 2.36. The van der Waals surface area contributed by atoms with Gasteiger partial charge in [0.05, 0.1) is 47.3 Å². The van der Waals surface area contributed by atoms with Gasteiger partial charge in [0, 0.05) is 55.2 Å². The number of nitrogens with zero attached hydrogens (tertiary/aromatic N) is 7. The van der Waals surface area contributed by atoms with Crippen LogP contribution in [0.2, 0.25) is 0 Å². The summed E-state index contributed by atoms with van der Waals surface area (Å²) in [6, 6.07) is 10.2. The minimum atomic E-state index is -0.912. The summed E-state index contributed by atoms with van der Waals surface area (Å²) in [5, 5.41) is 25.0. The monoisotopic (exact) mass is 773 g/mol. The summed E-state index contributed by atoms with van der Waals surface area (Å²) in [7, 11) is 0. The third kappa shape index (κ3) is 7.32. The molecular formula is C41H43N9O7. The van der Waals surface area contributed by atoms with E-state index >= 15 is 0 Å². The molecule has 4 fully saturated rings. The van der Waals surface area contributed by atoms with E-state index in [9.17, 15) is 29.1 Å². The predicted octanol–water partition coefficient (Wildman–Crippen LogP) is 4.28. The van der Waals surface area contributed by atoms with Crippen molar-refractivity contribution in [2.75, 3.05) is 29.9 Å². The lowest BCUT2D eigenvalue weighted by molar-refractivity contribution is -0.136. The summed E-state index contributed by atoms with van der Waals surface area (Å²) in [5.41, 5.74) is 3.95. The van der Waals surface area contributed by atoms with Gasteiger partial charge in [-0.05, 0) is 94.0 Å². The predicted molar refractivity (Wildman–Crippen MR) is 207 cm³/mol. The van der Waals surface area contributed by atoms with Crippen LogP contribution in [0.5, 0.6) is 5.75 Å². The molecule has 0 radical (unpaired) electrons. The van der Waals surface area contributed by atoms with Crippen LogP contribution in [0, 0.1) is 5.92 Å². The molecule has 10 rings (SSSR count). The van der Waals surface area contributed by atoms with Gasteiger partial charge in [-0.3, -0.25) is 38.9 Å². The molecule has 0 bridgehead atoms. The van der Waals surface area contributed by atoms with E-state index in [2.05, 4.69) is 25.6 Å². The SMILES string of the molecule is O=C(Nc1cc2cn(C3CCC(O)CC3)nc2cc1OCC1CC1)c1cnn2cccnc12.O=C1CCC(N2C(=O)c3ccc(N4CCCC4)cc3C2=O)C(=O)N1. The summed E-state index contributed by atoms with van der Waals surface area (Å²) in [6.07, 6.45) is 15.1. The smallest absolute Gasteiger partial charge is 0.262 e. The fraction of sp³-hybridized carbons (Fsp3) is 0.415. The number of carbonyl (C=O) groups is 5. The Morgan fingerprint density at radius 2 is 1.74 bits per heavy atom. The lowest BCUT2D eigenvalue weighted by Crippen LogP contribution is -2.54. The van der Waals surface area contributed by atoms with E-state index in [1.807, 2.05) is 29.1 Å². The first-order chi connectivity index (χ1) is 27.7. The Morgan fingerprint density at radius 3 is 2.51 bits per heavy atom. The second-order valence-electron chi connectivity index (χ2n) is 15.5. The molecule has 2 aliphatic carbocycles. The second-order valence-corrected chi connectivity index (χ2v) is 15.5. The molecule has 5 amide bonds. The van der Waals surface area contributed by atoms with Crippen molar-refractivity contribution in [1.82, 2.24) is 34.6 Å². The van der Waals surface area contributed by atoms with Gasteiger partial charge in [-0.2, -0.15) is 10.2 Å². The van der Waals surface area contributed by atoms with Gasteiger partial charge >= 0.3 is 0 Å². The third-order valence-corrected chi connectivity index (χ3v) is 11.5. The lowest BCUT2D eigenvalue weighted by atomic mass is 9.93. The molecule has 2 aromatic carbocycles. The van der Waals surface area contributed by atoms with Gasteiger partial charge in [0.1, 0.15) is 17.4 Å². The van der Waals surface area contributed by atoms with E-state index in [1.165, 1.54) is 19.0 Å². The molecule has 3 aromatic heterocycles. The number of aromatic nitrogens is 5. The van der Waals surface area contributed by atoms with Gasteiger partial charge in [-0.15, -0.1) is 0 Å². The first kappa shape index (κ1) is 36.5. The molecule has 2 saturated carbocycles. The number of anilines is 2. The number of rotatable bonds is 8. The zero-order valence-corrected chi connectivity index (χ0v) is 31.3. The molecule has 5 aromatic rings. The molecule has 16 nitrogen and oxygen atoms in total. The van der Waals surface area contributed by atoms with Crippen LogP contribution in [0.1, 0.15) is 101 Å². The number of aliphatic hydroxyl groups is 1. The molecule has 0 spiro atoms. The fourth-order valence-electron chi connectivity index (χ4n) is 8.10. The highest BCUT2D eigenvalue weighted by atomic mass is 16.5. The van der Waals surface area contributed by atoms with Crippen LogP contribution < -0.4 is 20.3 Å². The highest BCUT2D eigenvalue weighted by molar-refractivity contribution is 6.23.